The summed E-state index contributed by atoms with van der Waals surface area (Å²) in [6.45, 7) is 0.495. The first-order valence-corrected chi connectivity index (χ1v) is 4.70. The number of carboxylic acids is 1. The van der Waals surface area contributed by atoms with Crippen molar-refractivity contribution in [3.63, 3.8) is 0 Å². The molecule has 2 aromatic rings. The third-order valence-corrected chi connectivity index (χ3v) is 2.35. The van der Waals surface area contributed by atoms with Crippen LogP contribution in [0.2, 0.25) is 0 Å². The average molecular weight is 204 g/mol. The molecule has 1 aromatic heterocycles. The number of benzene rings is 1. The molecule has 2 N–H and O–H groups in total. The van der Waals surface area contributed by atoms with E-state index in [0.717, 1.165) is 10.9 Å². The maximum Gasteiger partial charge on any atom is 0.352 e. The lowest BCUT2D eigenvalue weighted by molar-refractivity contribution is 0.0685. The Kier molecular flexibility index (Phi) is 2.43. The van der Waals surface area contributed by atoms with Crippen LogP contribution in [-0.4, -0.2) is 22.7 Å². The third-order valence-electron chi connectivity index (χ3n) is 2.35. The van der Waals surface area contributed by atoms with Gasteiger partial charge in [-0.05, 0) is 19.2 Å². The Hall–Kier alpha value is -1.81. The zero-order valence-electron chi connectivity index (χ0n) is 8.40. The summed E-state index contributed by atoms with van der Waals surface area (Å²) in [7, 11) is 1.79. The maximum atomic E-state index is 11.0. The summed E-state index contributed by atoms with van der Waals surface area (Å²) in [5.74, 6) is -0.901. The molecule has 0 fully saturated rings. The zero-order valence-corrected chi connectivity index (χ0v) is 8.40. The van der Waals surface area contributed by atoms with E-state index in [1.54, 1.807) is 17.7 Å². The van der Waals surface area contributed by atoms with E-state index >= 15 is 0 Å². The van der Waals surface area contributed by atoms with Crippen LogP contribution in [0, 0.1) is 0 Å². The Morgan fingerprint density at radius 1 is 1.47 bits per heavy atom. The molecule has 0 spiro atoms. The van der Waals surface area contributed by atoms with Crippen molar-refractivity contribution >= 4 is 16.9 Å². The number of carbonyl (C=O) groups is 1. The highest BCUT2D eigenvalue weighted by atomic mass is 16.4. The minimum Gasteiger partial charge on any atom is -0.477 e. The molecule has 0 amide bonds. The molecular weight excluding hydrogens is 192 g/mol. The quantitative estimate of drug-likeness (QED) is 0.796. The van der Waals surface area contributed by atoms with Crippen molar-refractivity contribution in [3.05, 3.63) is 36.0 Å². The molecule has 0 saturated carbocycles. The van der Waals surface area contributed by atoms with Crippen molar-refractivity contribution in [2.24, 2.45) is 0 Å². The molecule has 1 heterocycles. The van der Waals surface area contributed by atoms with Crippen LogP contribution in [0.4, 0.5) is 0 Å². The highest BCUT2D eigenvalue weighted by Gasteiger charge is 2.12. The second kappa shape index (κ2) is 3.74. The lowest BCUT2D eigenvalue weighted by atomic mass is 10.2. The van der Waals surface area contributed by atoms with Crippen LogP contribution in [0.3, 0.4) is 0 Å². The number of fused-ring (bicyclic) bond motifs is 1. The molecule has 2 rings (SSSR count). The van der Waals surface area contributed by atoms with E-state index in [-0.39, 0.29) is 0 Å². The van der Waals surface area contributed by atoms with E-state index in [0.29, 0.717) is 12.4 Å². The number of rotatable bonds is 3. The van der Waals surface area contributed by atoms with Crippen LogP contribution in [0.5, 0.6) is 0 Å². The summed E-state index contributed by atoms with van der Waals surface area (Å²) in [5.41, 5.74) is 1.25. The lowest BCUT2D eigenvalue weighted by Gasteiger charge is -2.06. The van der Waals surface area contributed by atoms with E-state index in [1.165, 1.54) is 0 Å². The van der Waals surface area contributed by atoms with Gasteiger partial charge in [0.25, 0.3) is 0 Å². The first-order chi connectivity index (χ1) is 7.24. The Balaban J connectivity index is 2.68. The van der Waals surface area contributed by atoms with Crippen molar-refractivity contribution in [1.29, 1.82) is 0 Å². The number of nitrogens with zero attached hydrogens (tertiary/aromatic N) is 1. The number of nitrogens with one attached hydrogen (secondary N) is 1. The standard InChI is InChI=1S/C11H12N2O2/c1-12-7-13-9-5-3-2-4-8(9)6-10(13)11(14)15/h2-6,12H,7H2,1H3,(H,14,15). The number of hydrogen-bond donors (Lipinski definition) is 2. The molecule has 78 valence electrons. The lowest BCUT2D eigenvalue weighted by Crippen LogP contribution is -2.17. The Morgan fingerprint density at radius 3 is 2.87 bits per heavy atom. The molecule has 15 heavy (non-hydrogen) atoms. The van der Waals surface area contributed by atoms with Crippen molar-refractivity contribution in [1.82, 2.24) is 9.88 Å². The SMILES string of the molecule is CNCn1c(C(=O)O)cc2ccccc21. The van der Waals surface area contributed by atoms with E-state index in [2.05, 4.69) is 5.32 Å². The number of carboxylic acid groups (broad SMARTS) is 1. The molecule has 0 bridgehead atoms. The fourth-order valence-electron chi connectivity index (χ4n) is 1.72. The van der Waals surface area contributed by atoms with E-state index in [4.69, 9.17) is 5.11 Å². The molecule has 0 aliphatic rings. The molecule has 4 heteroatoms. The van der Waals surface area contributed by atoms with Crippen molar-refractivity contribution in [2.75, 3.05) is 7.05 Å². The van der Waals surface area contributed by atoms with Gasteiger partial charge in [0, 0.05) is 10.9 Å². The van der Waals surface area contributed by atoms with Gasteiger partial charge in [-0.15, -0.1) is 0 Å². The van der Waals surface area contributed by atoms with Crippen molar-refractivity contribution in [3.8, 4) is 0 Å². The molecule has 1 aromatic carbocycles. The summed E-state index contributed by atoms with van der Waals surface area (Å²) in [6, 6.07) is 9.32. The summed E-state index contributed by atoms with van der Waals surface area (Å²) < 4.78 is 1.75. The number of aromatic carboxylic acids is 1. The minimum absolute atomic E-state index is 0.311. The summed E-state index contributed by atoms with van der Waals surface area (Å²) in [4.78, 5) is 11.0. The van der Waals surface area contributed by atoms with Gasteiger partial charge in [0.15, 0.2) is 0 Å². The van der Waals surface area contributed by atoms with Gasteiger partial charge in [0.05, 0.1) is 6.67 Å². The van der Waals surface area contributed by atoms with Crippen molar-refractivity contribution in [2.45, 2.75) is 6.67 Å². The van der Waals surface area contributed by atoms with Gasteiger partial charge in [-0.2, -0.15) is 0 Å². The number of hydrogen-bond acceptors (Lipinski definition) is 2. The second-order valence-electron chi connectivity index (χ2n) is 3.33. The molecule has 0 unspecified atom stereocenters. The summed E-state index contributed by atoms with van der Waals surface area (Å²) >= 11 is 0. The van der Waals surface area contributed by atoms with Crippen LogP contribution >= 0.6 is 0 Å². The molecule has 0 atom stereocenters. The Labute approximate surface area is 87.1 Å². The first kappa shape index (κ1) is 9.73. The van der Waals surface area contributed by atoms with Gasteiger partial charge in [-0.1, -0.05) is 18.2 Å². The van der Waals surface area contributed by atoms with Crippen LogP contribution < -0.4 is 5.32 Å². The molecule has 0 aliphatic carbocycles. The second-order valence-corrected chi connectivity index (χ2v) is 3.33. The largest absolute Gasteiger partial charge is 0.477 e. The van der Waals surface area contributed by atoms with Gasteiger partial charge in [-0.25, -0.2) is 4.79 Å². The Morgan fingerprint density at radius 2 is 2.20 bits per heavy atom. The molecule has 4 nitrogen and oxygen atoms in total. The number of aromatic nitrogens is 1. The topological polar surface area (TPSA) is 54.3 Å². The predicted molar refractivity (Wildman–Crippen MR) is 58.0 cm³/mol. The fraction of sp³-hybridized carbons (Fsp3) is 0.182. The third kappa shape index (κ3) is 1.59. The van der Waals surface area contributed by atoms with Crippen LogP contribution in [0.1, 0.15) is 10.5 Å². The van der Waals surface area contributed by atoms with Gasteiger partial charge in [0.1, 0.15) is 5.69 Å². The maximum absolute atomic E-state index is 11.0. The van der Waals surface area contributed by atoms with E-state index in [1.807, 2.05) is 24.3 Å². The van der Waals surface area contributed by atoms with Crippen LogP contribution in [0.25, 0.3) is 10.9 Å². The fourth-order valence-corrected chi connectivity index (χ4v) is 1.72. The van der Waals surface area contributed by atoms with E-state index in [9.17, 15) is 4.79 Å². The minimum atomic E-state index is -0.901. The molecule has 0 aliphatic heterocycles. The van der Waals surface area contributed by atoms with E-state index < -0.39 is 5.97 Å². The van der Waals surface area contributed by atoms with Gasteiger partial charge >= 0.3 is 5.97 Å². The molecular formula is C11H12N2O2. The highest BCUT2D eigenvalue weighted by Crippen LogP contribution is 2.19. The van der Waals surface area contributed by atoms with Crippen LogP contribution in [0.15, 0.2) is 30.3 Å². The van der Waals surface area contributed by atoms with Crippen molar-refractivity contribution < 1.29 is 9.90 Å². The first-order valence-electron chi connectivity index (χ1n) is 4.70. The molecule has 0 radical (unpaired) electrons. The van der Waals surface area contributed by atoms with Gasteiger partial charge < -0.3 is 15.0 Å². The molecule has 0 saturated heterocycles. The number of para-hydroxylation sites is 1. The monoisotopic (exact) mass is 204 g/mol. The summed E-state index contributed by atoms with van der Waals surface area (Å²) in [6.07, 6.45) is 0. The summed E-state index contributed by atoms with van der Waals surface area (Å²) in [5, 5.41) is 13.0. The normalized spacial score (nSPS) is 10.7. The highest BCUT2D eigenvalue weighted by molar-refractivity contribution is 5.94. The zero-order chi connectivity index (χ0) is 10.8. The average Bonchev–Trinajstić information content (AvgIpc) is 2.58. The van der Waals surface area contributed by atoms with Gasteiger partial charge in [0.2, 0.25) is 0 Å². The van der Waals surface area contributed by atoms with Crippen LogP contribution in [-0.2, 0) is 6.67 Å². The Bertz CT molecular complexity index is 502. The van der Waals surface area contributed by atoms with Gasteiger partial charge in [-0.3, -0.25) is 0 Å². The predicted octanol–water partition coefficient (Wildman–Crippen LogP) is 1.52. The smallest absolute Gasteiger partial charge is 0.352 e.